The lowest BCUT2D eigenvalue weighted by Gasteiger charge is -2.32. The van der Waals surface area contributed by atoms with Gasteiger partial charge in [0.1, 0.15) is 22.3 Å². The summed E-state index contributed by atoms with van der Waals surface area (Å²) in [6, 6.07) is 78.2. The predicted octanol–water partition coefficient (Wildman–Crippen LogP) is 17.3. The van der Waals surface area contributed by atoms with Gasteiger partial charge in [-0.05, 0) is 127 Å². The van der Waals surface area contributed by atoms with Crippen molar-refractivity contribution < 1.29 is 8.83 Å². The van der Waals surface area contributed by atoms with Crippen LogP contribution in [0.4, 0.5) is 17.1 Å². The Morgan fingerprint density at radius 1 is 0.328 bits per heavy atom. The van der Waals surface area contributed by atoms with Gasteiger partial charge in [0.05, 0.1) is 11.1 Å². The van der Waals surface area contributed by atoms with E-state index >= 15 is 0 Å². The third-order valence-electron chi connectivity index (χ3n) is 15.5. The number of rotatable bonds is 4. The molecule has 314 valence electrons. The van der Waals surface area contributed by atoms with Crippen molar-refractivity contribution in [2.75, 3.05) is 4.90 Å². The Morgan fingerprint density at radius 3 is 1.51 bits per heavy atom. The van der Waals surface area contributed by atoms with Crippen molar-refractivity contribution >= 4 is 60.9 Å². The van der Waals surface area contributed by atoms with Gasteiger partial charge in [-0.1, -0.05) is 166 Å². The number of fused-ring (bicyclic) bond motifs is 19. The van der Waals surface area contributed by atoms with Gasteiger partial charge in [-0.15, -0.1) is 0 Å². The molecule has 1 spiro atoms. The molecule has 3 aliphatic rings. The highest BCUT2D eigenvalue weighted by atomic mass is 16.3. The summed E-state index contributed by atoms with van der Waals surface area (Å²) in [7, 11) is 0. The van der Waals surface area contributed by atoms with E-state index in [1.807, 2.05) is 6.07 Å². The average Bonchev–Trinajstić information content (AvgIpc) is 4.14. The Kier molecular flexibility index (Phi) is 7.22. The van der Waals surface area contributed by atoms with Crippen molar-refractivity contribution in [3.63, 3.8) is 0 Å². The van der Waals surface area contributed by atoms with Crippen molar-refractivity contribution in [1.29, 1.82) is 0 Å². The van der Waals surface area contributed by atoms with Crippen LogP contribution in [0.2, 0.25) is 0 Å². The van der Waals surface area contributed by atoms with Crippen molar-refractivity contribution in [3.8, 4) is 44.5 Å². The molecule has 3 heteroatoms. The van der Waals surface area contributed by atoms with E-state index in [-0.39, 0.29) is 5.41 Å². The summed E-state index contributed by atoms with van der Waals surface area (Å²) in [5.74, 6) is 0. The molecule has 2 aromatic heterocycles. The van der Waals surface area contributed by atoms with Gasteiger partial charge in [0.2, 0.25) is 0 Å². The highest BCUT2D eigenvalue weighted by Gasteiger charge is 2.52. The van der Waals surface area contributed by atoms with Crippen LogP contribution in [0.25, 0.3) is 88.4 Å². The van der Waals surface area contributed by atoms with Crippen LogP contribution in [0.5, 0.6) is 0 Å². The summed E-state index contributed by atoms with van der Waals surface area (Å²) in [6.07, 6.45) is 0. The first-order valence-electron chi connectivity index (χ1n) is 23.3. The SMILES string of the molecule is CC1(C)c2ccccc2-c2ccc(N(c3ccc4c(c3)oc3cc5c(cc34)oc3cc(-c4ccccc4)ccc35)c3cccc4c3-c3ccccc3C43c4ccccc4-c4ccccc43)cc21. The van der Waals surface area contributed by atoms with Gasteiger partial charge < -0.3 is 13.7 Å². The first-order chi connectivity index (χ1) is 33.0. The highest BCUT2D eigenvalue weighted by Crippen LogP contribution is 2.65. The van der Waals surface area contributed by atoms with Crippen molar-refractivity contribution in [2.24, 2.45) is 0 Å². The molecule has 0 fully saturated rings. The third kappa shape index (κ3) is 4.80. The van der Waals surface area contributed by atoms with E-state index in [0.717, 1.165) is 66.5 Å². The number of furan rings is 2. The Labute approximate surface area is 387 Å². The molecular formula is C64H41NO2. The van der Waals surface area contributed by atoms with Gasteiger partial charge in [0, 0.05) is 50.0 Å². The van der Waals surface area contributed by atoms with Crippen LogP contribution >= 0.6 is 0 Å². The summed E-state index contributed by atoms with van der Waals surface area (Å²) >= 11 is 0. The quantitative estimate of drug-likeness (QED) is 0.177. The fraction of sp³-hybridized carbons (Fsp3) is 0.0625. The van der Waals surface area contributed by atoms with E-state index in [2.05, 4.69) is 225 Å². The first kappa shape index (κ1) is 36.9. The molecule has 0 bridgehead atoms. The molecule has 15 rings (SSSR count). The van der Waals surface area contributed by atoms with Gasteiger partial charge in [0.15, 0.2) is 0 Å². The van der Waals surface area contributed by atoms with Crippen LogP contribution in [-0.2, 0) is 10.8 Å². The second kappa shape index (κ2) is 13.1. The van der Waals surface area contributed by atoms with Gasteiger partial charge in [-0.25, -0.2) is 0 Å². The molecule has 67 heavy (non-hydrogen) atoms. The van der Waals surface area contributed by atoms with Gasteiger partial charge in [0.25, 0.3) is 0 Å². The minimum atomic E-state index is -0.463. The fourth-order valence-electron chi connectivity index (χ4n) is 12.6. The zero-order chi connectivity index (χ0) is 44.2. The monoisotopic (exact) mass is 855 g/mol. The fourth-order valence-corrected chi connectivity index (χ4v) is 12.6. The smallest absolute Gasteiger partial charge is 0.137 e. The largest absolute Gasteiger partial charge is 0.456 e. The second-order valence-electron chi connectivity index (χ2n) is 19.1. The maximum absolute atomic E-state index is 6.92. The molecule has 12 aromatic rings. The van der Waals surface area contributed by atoms with E-state index in [9.17, 15) is 0 Å². The van der Waals surface area contributed by atoms with Gasteiger partial charge in [-0.2, -0.15) is 0 Å². The normalized spacial score (nSPS) is 14.4. The maximum Gasteiger partial charge on any atom is 0.137 e. The van der Waals surface area contributed by atoms with Gasteiger partial charge >= 0.3 is 0 Å². The van der Waals surface area contributed by atoms with Crippen molar-refractivity contribution in [1.82, 2.24) is 0 Å². The summed E-state index contributed by atoms with van der Waals surface area (Å²) in [5.41, 5.74) is 24.0. The second-order valence-corrected chi connectivity index (χ2v) is 19.1. The lowest BCUT2D eigenvalue weighted by Crippen LogP contribution is -2.26. The zero-order valence-corrected chi connectivity index (χ0v) is 37.0. The predicted molar refractivity (Wildman–Crippen MR) is 275 cm³/mol. The Morgan fingerprint density at radius 2 is 0.821 bits per heavy atom. The molecule has 0 N–H and O–H groups in total. The van der Waals surface area contributed by atoms with Crippen LogP contribution < -0.4 is 4.90 Å². The van der Waals surface area contributed by atoms with Crippen LogP contribution in [0.15, 0.2) is 221 Å². The summed E-state index contributed by atoms with van der Waals surface area (Å²) in [4.78, 5) is 2.48. The van der Waals surface area contributed by atoms with E-state index in [0.29, 0.717) is 0 Å². The lowest BCUT2D eigenvalue weighted by atomic mass is 9.70. The molecule has 0 aliphatic heterocycles. The van der Waals surface area contributed by atoms with Crippen LogP contribution in [0.1, 0.15) is 47.2 Å². The summed E-state index contributed by atoms with van der Waals surface area (Å²) < 4.78 is 13.5. The Hall–Kier alpha value is -8.40. The molecule has 0 saturated carbocycles. The molecule has 0 atom stereocenters. The zero-order valence-electron chi connectivity index (χ0n) is 37.0. The minimum absolute atomic E-state index is 0.174. The third-order valence-corrected chi connectivity index (χ3v) is 15.5. The van der Waals surface area contributed by atoms with Gasteiger partial charge in [-0.3, -0.25) is 0 Å². The van der Waals surface area contributed by atoms with Crippen molar-refractivity contribution in [2.45, 2.75) is 24.7 Å². The standard InChI is InChI=1S/C64H41NO2/c1-63(2)51-21-10-6-17-42(51)45-31-28-40(34-56(45)63)65(57-26-14-25-55-62(57)48-20-9-13-24-54(48)64(55)52-22-11-7-18-43(52)44-19-8-12-23-53(44)64)41-29-32-47-50-37-60-49(36-61(50)67-59(47)35-41)46-30-27-39(33-58(46)66-60)38-15-4-3-5-16-38/h3-37H,1-2H3. The molecule has 0 radical (unpaired) electrons. The molecule has 0 saturated heterocycles. The highest BCUT2D eigenvalue weighted by molar-refractivity contribution is 6.15. The minimum Gasteiger partial charge on any atom is -0.456 e. The Balaban J connectivity index is 0.956. The van der Waals surface area contributed by atoms with Crippen LogP contribution in [0.3, 0.4) is 0 Å². The van der Waals surface area contributed by atoms with E-state index in [1.165, 1.54) is 72.3 Å². The van der Waals surface area contributed by atoms with Crippen LogP contribution in [0, 0.1) is 0 Å². The number of benzene rings is 10. The summed E-state index contributed by atoms with van der Waals surface area (Å²) in [5, 5.41) is 4.22. The molecule has 10 aromatic carbocycles. The number of nitrogens with zero attached hydrogens (tertiary/aromatic N) is 1. The Bertz CT molecular complexity index is 4040. The van der Waals surface area contributed by atoms with Crippen LogP contribution in [-0.4, -0.2) is 0 Å². The topological polar surface area (TPSA) is 29.5 Å². The summed E-state index contributed by atoms with van der Waals surface area (Å²) in [6.45, 7) is 4.73. The average molecular weight is 856 g/mol. The van der Waals surface area contributed by atoms with E-state index < -0.39 is 5.41 Å². The molecule has 3 nitrogen and oxygen atoms in total. The molecular weight excluding hydrogens is 815 g/mol. The van der Waals surface area contributed by atoms with E-state index in [4.69, 9.17) is 8.83 Å². The molecule has 2 heterocycles. The van der Waals surface area contributed by atoms with Crippen molar-refractivity contribution in [3.05, 3.63) is 246 Å². The number of hydrogen-bond donors (Lipinski definition) is 0. The lowest BCUT2D eigenvalue weighted by molar-refractivity contribution is 0.660. The molecule has 3 aliphatic carbocycles. The molecule has 0 amide bonds. The number of anilines is 3. The maximum atomic E-state index is 6.92. The van der Waals surface area contributed by atoms with E-state index in [1.54, 1.807) is 0 Å². The molecule has 0 unspecified atom stereocenters. The first-order valence-corrected chi connectivity index (χ1v) is 23.3. The number of hydrogen-bond acceptors (Lipinski definition) is 3.